The molecule has 0 aliphatic carbocycles. The summed E-state index contributed by atoms with van der Waals surface area (Å²) in [6.07, 6.45) is 3.23. The minimum absolute atomic E-state index is 0. The number of nitrogens with two attached hydrogens (primary N) is 1. The quantitative estimate of drug-likeness (QED) is 0.516. The first-order valence-corrected chi connectivity index (χ1v) is 7.80. The van der Waals surface area contributed by atoms with Crippen LogP contribution in [0.2, 0.25) is 0 Å². The number of rotatable bonds is 1. The SMILES string of the molecule is C.N#Cc1cc2cccnc2cc1F.NCc1cc2cccnc2cc1F.[2HH]. The molecule has 2 heterocycles. The second kappa shape index (κ2) is 8.79. The summed E-state index contributed by atoms with van der Waals surface area (Å²) in [4.78, 5) is 8.00. The van der Waals surface area contributed by atoms with E-state index in [0.29, 0.717) is 16.6 Å². The van der Waals surface area contributed by atoms with Crippen molar-refractivity contribution in [1.29, 1.82) is 5.26 Å². The Morgan fingerprint density at radius 3 is 2.04 bits per heavy atom. The number of nitrogens with zero attached hydrogens (tertiary/aromatic N) is 3. The third-order valence-electron chi connectivity index (χ3n) is 3.80. The van der Waals surface area contributed by atoms with E-state index in [1.807, 2.05) is 12.1 Å². The number of nitriles is 1. The van der Waals surface area contributed by atoms with Crippen LogP contribution in [0, 0.1) is 23.0 Å². The lowest BCUT2D eigenvalue weighted by Gasteiger charge is -2.01. The molecule has 138 valence electrons. The molecule has 0 amide bonds. The van der Waals surface area contributed by atoms with Crippen molar-refractivity contribution in [3.63, 3.8) is 0 Å². The molecular weight excluding hydrogens is 346 g/mol. The Morgan fingerprint density at radius 2 is 1.48 bits per heavy atom. The molecule has 0 radical (unpaired) electrons. The predicted molar refractivity (Wildman–Crippen MR) is 105 cm³/mol. The summed E-state index contributed by atoms with van der Waals surface area (Å²) >= 11 is 0. The molecule has 0 fully saturated rings. The summed E-state index contributed by atoms with van der Waals surface area (Å²) in [5.74, 6) is -0.803. The standard InChI is InChI=1S/C10H9FN2.C10H5FN2.CH4.H2/c2*11-9-5-10-7(2-1-3-13-10)4-8(9)6-12;;/h1-5H,6,12H2;1-5H;1H4;1H/i;;;1+1. The van der Waals surface area contributed by atoms with Crippen molar-refractivity contribution in [3.8, 4) is 6.07 Å². The Morgan fingerprint density at radius 1 is 0.926 bits per heavy atom. The van der Waals surface area contributed by atoms with Crippen LogP contribution in [0.4, 0.5) is 8.78 Å². The first-order chi connectivity index (χ1) is 12.6. The van der Waals surface area contributed by atoms with Gasteiger partial charge in [-0.15, -0.1) is 0 Å². The first kappa shape index (κ1) is 19.9. The zero-order valence-electron chi connectivity index (χ0n) is 13.7. The lowest BCUT2D eigenvalue weighted by Crippen LogP contribution is -1.99. The van der Waals surface area contributed by atoms with Crippen molar-refractivity contribution in [2.24, 2.45) is 5.73 Å². The highest BCUT2D eigenvalue weighted by Gasteiger charge is 2.04. The van der Waals surface area contributed by atoms with Gasteiger partial charge < -0.3 is 5.73 Å². The van der Waals surface area contributed by atoms with E-state index >= 15 is 0 Å². The lowest BCUT2D eigenvalue weighted by molar-refractivity contribution is 0.612. The lowest BCUT2D eigenvalue weighted by atomic mass is 10.1. The number of pyridine rings is 2. The van der Waals surface area contributed by atoms with E-state index in [9.17, 15) is 8.78 Å². The van der Waals surface area contributed by atoms with E-state index in [0.717, 1.165) is 10.8 Å². The summed E-state index contributed by atoms with van der Waals surface area (Å²) in [5, 5.41) is 10.3. The molecule has 2 aromatic carbocycles. The number of aromatic nitrogens is 2. The van der Waals surface area contributed by atoms with Crippen LogP contribution in [-0.4, -0.2) is 9.97 Å². The fourth-order valence-corrected chi connectivity index (χ4v) is 2.48. The smallest absolute Gasteiger partial charge is 0.143 e. The van der Waals surface area contributed by atoms with Gasteiger partial charge in [-0.3, -0.25) is 9.97 Å². The van der Waals surface area contributed by atoms with Crippen molar-refractivity contribution in [1.82, 2.24) is 9.97 Å². The second-order valence-corrected chi connectivity index (χ2v) is 5.48. The van der Waals surface area contributed by atoms with Crippen molar-refractivity contribution >= 4 is 21.8 Å². The number of hydrogen-bond donors (Lipinski definition) is 1. The number of benzene rings is 2. The zero-order valence-corrected chi connectivity index (χ0v) is 13.7. The topological polar surface area (TPSA) is 75.6 Å². The number of fused-ring (bicyclic) bond motifs is 2. The van der Waals surface area contributed by atoms with E-state index in [1.54, 1.807) is 36.7 Å². The summed E-state index contributed by atoms with van der Waals surface area (Å²) in [7, 11) is 0. The summed E-state index contributed by atoms with van der Waals surface area (Å²) < 4.78 is 26.3. The molecule has 2 aromatic heterocycles. The number of hydrogen-bond acceptors (Lipinski definition) is 4. The molecule has 27 heavy (non-hydrogen) atoms. The largest absolute Gasteiger partial charge is 0.326 e. The zero-order chi connectivity index (χ0) is 18.5. The van der Waals surface area contributed by atoms with E-state index in [1.165, 1.54) is 18.2 Å². The fourth-order valence-electron chi connectivity index (χ4n) is 2.48. The van der Waals surface area contributed by atoms with Gasteiger partial charge in [-0.05, 0) is 24.3 Å². The summed E-state index contributed by atoms with van der Waals surface area (Å²) in [6.45, 7) is 0.219. The van der Waals surface area contributed by atoms with Crippen LogP contribution in [0.3, 0.4) is 0 Å². The molecule has 0 aliphatic rings. The van der Waals surface area contributed by atoms with Gasteiger partial charge in [0.15, 0.2) is 0 Å². The van der Waals surface area contributed by atoms with Gasteiger partial charge in [0.2, 0.25) is 0 Å². The van der Waals surface area contributed by atoms with E-state index in [2.05, 4.69) is 9.97 Å². The average Bonchev–Trinajstić information content (AvgIpc) is 2.67. The van der Waals surface area contributed by atoms with Gasteiger partial charge in [-0.1, -0.05) is 19.6 Å². The minimum Gasteiger partial charge on any atom is -0.326 e. The van der Waals surface area contributed by atoms with Crippen LogP contribution in [0.25, 0.3) is 21.8 Å². The second-order valence-electron chi connectivity index (χ2n) is 5.48. The van der Waals surface area contributed by atoms with Gasteiger partial charge in [0.05, 0.1) is 16.6 Å². The summed E-state index contributed by atoms with van der Waals surface area (Å²) in [5.41, 5.74) is 7.20. The van der Waals surface area contributed by atoms with E-state index in [-0.39, 0.29) is 26.8 Å². The van der Waals surface area contributed by atoms with E-state index < -0.39 is 5.82 Å². The van der Waals surface area contributed by atoms with Gasteiger partial charge in [0.1, 0.15) is 17.7 Å². The van der Waals surface area contributed by atoms with Crippen molar-refractivity contribution in [3.05, 3.63) is 83.7 Å². The van der Waals surface area contributed by atoms with Crippen molar-refractivity contribution < 1.29 is 10.2 Å². The van der Waals surface area contributed by atoms with Crippen LogP contribution >= 0.6 is 0 Å². The minimum atomic E-state index is -0.520. The van der Waals surface area contributed by atoms with Crippen LogP contribution < -0.4 is 5.73 Å². The van der Waals surface area contributed by atoms with Gasteiger partial charge >= 0.3 is 0 Å². The Balaban J connectivity index is 0.000000261. The molecule has 0 saturated carbocycles. The molecule has 4 rings (SSSR count). The fraction of sp³-hybridized carbons (Fsp3) is 0.0952. The van der Waals surface area contributed by atoms with Gasteiger partial charge in [-0.2, -0.15) is 5.26 Å². The molecule has 4 nitrogen and oxygen atoms in total. The van der Waals surface area contributed by atoms with Crippen LogP contribution in [0.5, 0.6) is 0 Å². The molecule has 0 aliphatic heterocycles. The Kier molecular flexibility index (Phi) is 6.47. The number of halogens is 2. The van der Waals surface area contributed by atoms with Crippen LogP contribution in [0.1, 0.15) is 20.0 Å². The molecule has 6 heteroatoms. The first-order valence-electron chi connectivity index (χ1n) is 7.80. The molecule has 2 N–H and O–H groups in total. The third-order valence-corrected chi connectivity index (χ3v) is 3.80. The molecule has 0 unspecified atom stereocenters. The van der Waals surface area contributed by atoms with Crippen molar-refractivity contribution in [2.75, 3.05) is 0 Å². The molecule has 0 bridgehead atoms. The normalized spacial score (nSPS) is 9.85. The van der Waals surface area contributed by atoms with Gasteiger partial charge in [0.25, 0.3) is 0 Å². The Labute approximate surface area is 157 Å². The Bertz CT molecular complexity index is 1110. The van der Waals surface area contributed by atoms with Crippen LogP contribution in [0.15, 0.2) is 60.9 Å². The average molecular weight is 367 g/mol. The van der Waals surface area contributed by atoms with Gasteiger partial charge in [0, 0.05) is 48.8 Å². The Hall–Kier alpha value is -3.43. The molecule has 0 spiro atoms. The third kappa shape index (κ3) is 4.40. The monoisotopic (exact) mass is 367 g/mol. The summed E-state index contributed by atoms with van der Waals surface area (Å²) in [6, 6.07) is 15.0. The maximum Gasteiger partial charge on any atom is 0.143 e. The predicted octanol–water partition coefficient (Wildman–Crippen LogP) is 4.96. The van der Waals surface area contributed by atoms with Crippen molar-refractivity contribution in [2.45, 2.75) is 14.0 Å². The molecule has 4 aromatic rings. The highest BCUT2D eigenvalue weighted by molar-refractivity contribution is 5.80. The van der Waals surface area contributed by atoms with Gasteiger partial charge in [-0.25, -0.2) is 8.78 Å². The highest BCUT2D eigenvalue weighted by atomic mass is 19.1. The molecular formula is C21H20F2N4. The molecule has 0 saturated heterocycles. The highest BCUT2D eigenvalue weighted by Crippen LogP contribution is 2.17. The maximum absolute atomic E-state index is 13.2. The van der Waals surface area contributed by atoms with E-state index in [4.69, 9.17) is 11.0 Å². The molecule has 0 atom stereocenters. The van der Waals surface area contributed by atoms with Crippen LogP contribution in [-0.2, 0) is 6.54 Å². The maximum atomic E-state index is 13.2.